The molecule has 0 radical (unpaired) electrons. The highest BCUT2D eigenvalue weighted by Crippen LogP contribution is 2.03. The Morgan fingerprint density at radius 1 is 1.53 bits per heavy atom. The number of aromatic amines is 1. The molecule has 0 fully saturated rings. The molecule has 0 aliphatic rings. The molecule has 9 heteroatoms. The maximum atomic E-state index is 11.4. The van der Waals surface area contributed by atoms with Crippen LogP contribution in [0.3, 0.4) is 0 Å². The first kappa shape index (κ1) is 12.0. The second-order valence-electron chi connectivity index (χ2n) is 3.01. The van der Waals surface area contributed by atoms with Gasteiger partial charge in [-0.05, 0) is 13.3 Å². The molecule has 0 aliphatic heterocycles. The Hall–Kier alpha value is -1.06. The number of hydrogen-bond acceptors (Lipinski definition) is 5. The number of tetrazole rings is 1. The van der Waals surface area contributed by atoms with Crippen LogP contribution in [0, 0.1) is 0 Å². The summed E-state index contributed by atoms with van der Waals surface area (Å²) < 4.78 is 27.5. The lowest BCUT2D eigenvalue weighted by atomic mass is 10.4. The summed E-state index contributed by atoms with van der Waals surface area (Å²) in [5.41, 5.74) is 0. The third-order valence-corrected chi connectivity index (χ3v) is 2.87. The Bertz CT molecular complexity index is 374. The molecule has 86 valence electrons. The van der Waals surface area contributed by atoms with Gasteiger partial charge in [-0.1, -0.05) is 12.1 Å². The zero-order valence-corrected chi connectivity index (χ0v) is 9.37. The van der Waals surface area contributed by atoms with Gasteiger partial charge in [0.2, 0.25) is 0 Å². The van der Waals surface area contributed by atoms with E-state index < -0.39 is 16.3 Å². The zero-order valence-electron chi connectivity index (χ0n) is 8.56. The summed E-state index contributed by atoms with van der Waals surface area (Å²) in [6.07, 6.45) is 0.734. The molecular weight excluding hydrogens is 220 g/mol. The molecule has 1 atom stereocenters. The summed E-state index contributed by atoms with van der Waals surface area (Å²) in [7, 11) is -3.49. The molecular formula is C6H14N6O2S. The number of rotatable bonds is 6. The Labute approximate surface area is 88.0 Å². The lowest BCUT2D eigenvalue weighted by molar-refractivity contribution is 0.545. The average molecular weight is 234 g/mol. The second-order valence-corrected chi connectivity index (χ2v) is 4.54. The highest BCUT2D eigenvalue weighted by atomic mass is 32.2. The van der Waals surface area contributed by atoms with E-state index in [4.69, 9.17) is 0 Å². The van der Waals surface area contributed by atoms with Gasteiger partial charge >= 0.3 is 0 Å². The van der Waals surface area contributed by atoms with E-state index in [2.05, 4.69) is 30.1 Å². The summed E-state index contributed by atoms with van der Waals surface area (Å²) in [6, 6.07) is -0.516. The van der Waals surface area contributed by atoms with Gasteiger partial charge in [0.1, 0.15) is 0 Å². The molecule has 1 aromatic rings. The fourth-order valence-corrected chi connectivity index (χ4v) is 2.04. The van der Waals surface area contributed by atoms with Gasteiger partial charge in [0, 0.05) is 6.54 Å². The Morgan fingerprint density at radius 3 is 2.80 bits per heavy atom. The summed E-state index contributed by atoms with van der Waals surface area (Å²) >= 11 is 0. The Morgan fingerprint density at radius 2 is 2.27 bits per heavy atom. The van der Waals surface area contributed by atoms with Gasteiger partial charge in [0.05, 0.1) is 6.04 Å². The Balaban J connectivity index is 2.54. The molecule has 0 bridgehead atoms. The van der Waals surface area contributed by atoms with Crippen LogP contribution in [0.15, 0.2) is 0 Å². The molecule has 0 saturated heterocycles. The van der Waals surface area contributed by atoms with Crippen molar-refractivity contribution in [3.8, 4) is 0 Å². The van der Waals surface area contributed by atoms with Crippen molar-refractivity contribution in [1.29, 1.82) is 0 Å². The molecule has 1 unspecified atom stereocenters. The van der Waals surface area contributed by atoms with Crippen molar-refractivity contribution < 1.29 is 8.42 Å². The molecule has 0 aliphatic carbocycles. The van der Waals surface area contributed by atoms with Crippen molar-refractivity contribution in [3.05, 3.63) is 5.82 Å². The van der Waals surface area contributed by atoms with Gasteiger partial charge in [-0.15, -0.1) is 10.2 Å². The molecule has 0 aromatic carbocycles. The van der Waals surface area contributed by atoms with E-state index >= 15 is 0 Å². The second kappa shape index (κ2) is 5.14. The predicted molar refractivity (Wildman–Crippen MR) is 52.9 cm³/mol. The lowest BCUT2D eigenvalue weighted by Gasteiger charge is -2.10. The summed E-state index contributed by atoms with van der Waals surface area (Å²) in [4.78, 5) is 0. The SMILES string of the molecule is CCCNS(=O)(=O)NC(C)c1nn[nH]n1. The number of nitrogens with one attached hydrogen (secondary N) is 3. The van der Waals surface area contributed by atoms with Crippen LogP contribution < -0.4 is 9.44 Å². The van der Waals surface area contributed by atoms with Crippen LogP contribution in [0.5, 0.6) is 0 Å². The van der Waals surface area contributed by atoms with Crippen molar-refractivity contribution >= 4 is 10.2 Å². The molecule has 0 saturated carbocycles. The van der Waals surface area contributed by atoms with Gasteiger partial charge < -0.3 is 0 Å². The van der Waals surface area contributed by atoms with E-state index in [1.165, 1.54) is 0 Å². The molecule has 1 heterocycles. The van der Waals surface area contributed by atoms with Crippen molar-refractivity contribution in [2.45, 2.75) is 26.3 Å². The summed E-state index contributed by atoms with van der Waals surface area (Å²) in [6.45, 7) is 3.91. The van der Waals surface area contributed by atoms with Crippen LogP contribution in [0.2, 0.25) is 0 Å². The van der Waals surface area contributed by atoms with Gasteiger partial charge in [-0.3, -0.25) is 0 Å². The fraction of sp³-hybridized carbons (Fsp3) is 0.833. The first-order chi connectivity index (χ1) is 7.05. The van der Waals surface area contributed by atoms with Crippen LogP contribution >= 0.6 is 0 Å². The number of nitrogens with zero attached hydrogens (tertiary/aromatic N) is 3. The normalized spacial score (nSPS) is 14.0. The minimum Gasteiger partial charge on any atom is -0.202 e. The van der Waals surface area contributed by atoms with Crippen molar-refractivity contribution in [2.24, 2.45) is 0 Å². The highest BCUT2D eigenvalue weighted by molar-refractivity contribution is 7.87. The van der Waals surface area contributed by atoms with E-state index in [0.717, 1.165) is 6.42 Å². The predicted octanol–water partition coefficient (Wildman–Crippen LogP) is -0.905. The van der Waals surface area contributed by atoms with Gasteiger partial charge in [0.15, 0.2) is 5.82 Å². The third-order valence-electron chi connectivity index (χ3n) is 1.62. The topological polar surface area (TPSA) is 113 Å². The number of hydrogen-bond donors (Lipinski definition) is 3. The van der Waals surface area contributed by atoms with Gasteiger partial charge in [-0.2, -0.15) is 18.4 Å². The minimum atomic E-state index is -3.49. The number of aromatic nitrogens is 4. The molecule has 3 N–H and O–H groups in total. The van der Waals surface area contributed by atoms with Crippen LogP contribution in [0.4, 0.5) is 0 Å². The van der Waals surface area contributed by atoms with E-state index in [1.807, 2.05) is 6.92 Å². The quantitative estimate of drug-likeness (QED) is 0.590. The van der Waals surface area contributed by atoms with Crippen molar-refractivity contribution in [2.75, 3.05) is 6.54 Å². The zero-order chi connectivity index (χ0) is 11.3. The molecule has 0 amide bonds. The highest BCUT2D eigenvalue weighted by Gasteiger charge is 2.17. The van der Waals surface area contributed by atoms with Gasteiger partial charge in [-0.25, -0.2) is 4.72 Å². The molecule has 1 aromatic heterocycles. The molecule has 15 heavy (non-hydrogen) atoms. The largest absolute Gasteiger partial charge is 0.277 e. The lowest BCUT2D eigenvalue weighted by Crippen LogP contribution is -2.38. The maximum absolute atomic E-state index is 11.4. The van der Waals surface area contributed by atoms with Crippen LogP contribution in [-0.2, 0) is 10.2 Å². The monoisotopic (exact) mass is 234 g/mol. The van der Waals surface area contributed by atoms with E-state index in [0.29, 0.717) is 12.4 Å². The van der Waals surface area contributed by atoms with Gasteiger partial charge in [0.25, 0.3) is 10.2 Å². The smallest absolute Gasteiger partial charge is 0.202 e. The first-order valence-corrected chi connectivity index (χ1v) is 6.03. The number of H-pyrrole nitrogens is 1. The van der Waals surface area contributed by atoms with E-state index in [9.17, 15) is 8.42 Å². The van der Waals surface area contributed by atoms with Crippen LogP contribution in [0.1, 0.15) is 32.1 Å². The van der Waals surface area contributed by atoms with Crippen LogP contribution in [-0.4, -0.2) is 35.6 Å². The fourth-order valence-electron chi connectivity index (χ4n) is 0.916. The summed E-state index contributed by atoms with van der Waals surface area (Å²) in [5.74, 6) is 0.303. The van der Waals surface area contributed by atoms with Crippen molar-refractivity contribution in [1.82, 2.24) is 30.1 Å². The molecule has 1 rings (SSSR count). The maximum Gasteiger partial charge on any atom is 0.277 e. The first-order valence-electron chi connectivity index (χ1n) is 4.55. The van der Waals surface area contributed by atoms with Crippen LogP contribution in [0.25, 0.3) is 0 Å². The standard InChI is InChI=1S/C6H14N6O2S/c1-3-4-7-15(13,14)10-5(2)6-8-11-12-9-6/h5,7,10H,3-4H2,1-2H3,(H,8,9,11,12). The van der Waals surface area contributed by atoms with Crippen molar-refractivity contribution in [3.63, 3.8) is 0 Å². The Kier molecular flexibility index (Phi) is 4.12. The van der Waals surface area contributed by atoms with E-state index in [1.54, 1.807) is 6.92 Å². The molecule has 0 spiro atoms. The molecule has 8 nitrogen and oxygen atoms in total. The van der Waals surface area contributed by atoms with E-state index in [-0.39, 0.29) is 0 Å². The third kappa shape index (κ3) is 3.90. The summed E-state index contributed by atoms with van der Waals surface area (Å²) in [5, 5.41) is 13.0. The minimum absolute atomic E-state index is 0.303. The average Bonchev–Trinajstić information content (AvgIpc) is 2.67.